The van der Waals surface area contributed by atoms with E-state index < -0.39 is 7.12 Å². The number of nitrogens with two attached hydrogens (primary N) is 1. The van der Waals surface area contributed by atoms with Gasteiger partial charge in [-0.2, -0.15) is 0 Å². The van der Waals surface area contributed by atoms with Crippen molar-refractivity contribution >= 4 is 18.3 Å². The number of benzene rings is 4. The molecule has 4 N–H and O–H groups in total. The van der Waals surface area contributed by atoms with Gasteiger partial charge >= 0.3 is 7.12 Å². The zero-order chi connectivity index (χ0) is 19.5. The summed E-state index contributed by atoms with van der Waals surface area (Å²) in [5, 5.41) is 20.6. The SMILES string of the molecule is Nc1c(-c2ccccc2)cc(-c2ccccc2)c(B(O)O)c1-c1ccccc1. The van der Waals surface area contributed by atoms with Crippen molar-refractivity contribution in [3.8, 4) is 33.4 Å². The highest BCUT2D eigenvalue weighted by Gasteiger charge is 2.26. The molecule has 0 aliphatic carbocycles. The van der Waals surface area contributed by atoms with Gasteiger partial charge in [0, 0.05) is 16.8 Å². The van der Waals surface area contributed by atoms with Crippen LogP contribution in [0.2, 0.25) is 0 Å². The molecule has 136 valence electrons. The van der Waals surface area contributed by atoms with Crippen molar-refractivity contribution in [1.29, 1.82) is 0 Å². The van der Waals surface area contributed by atoms with Crippen molar-refractivity contribution < 1.29 is 10.0 Å². The van der Waals surface area contributed by atoms with Gasteiger partial charge in [-0.15, -0.1) is 0 Å². The Bertz CT molecular complexity index is 1080. The Morgan fingerprint density at radius 1 is 0.571 bits per heavy atom. The smallest absolute Gasteiger partial charge is 0.423 e. The van der Waals surface area contributed by atoms with Crippen molar-refractivity contribution in [2.75, 3.05) is 5.73 Å². The third kappa shape index (κ3) is 3.31. The van der Waals surface area contributed by atoms with Gasteiger partial charge in [-0.05, 0) is 33.8 Å². The lowest BCUT2D eigenvalue weighted by atomic mass is 9.69. The molecule has 28 heavy (non-hydrogen) atoms. The molecule has 0 saturated carbocycles. The first kappa shape index (κ1) is 18.0. The maximum absolute atomic E-state index is 10.3. The molecule has 4 aromatic rings. The zero-order valence-corrected chi connectivity index (χ0v) is 15.3. The zero-order valence-electron chi connectivity index (χ0n) is 15.3. The van der Waals surface area contributed by atoms with E-state index in [2.05, 4.69) is 0 Å². The van der Waals surface area contributed by atoms with E-state index >= 15 is 0 Å². The normalized spacial score (nSPS) is 10.6. The molecule has 0 saturated heterocycles. The molecule has 0 fully saturated rings. The third-order valence-electron chi connectivity index (χ3n) is 4.90. The lowest BCUT2D eigenvalue weighted by Gasteiger charge is -2.21. The highest BCUT2D eigenvalue weighted by atomic mass is 16.4. The molecule has 0 amide bonds. The fourth-order valence-corrected chi connectivity index (χ4v) is 3.61. The minimum Gasteiger partial charge on any atom is -0.423 e. The molecule has 0 bridgehead atoms. The molecule has 4 rings (SSSR count). The van der Waals surface area contributed by atoms with Crippen molar-refractivity contribution in [1.82, 2.24) is 0 Å². The van der Waals surface area contributed by atoms with E-state index in [1.165, 1.54) is 0 Å². The molecular weight excluding hydrogens is 345 g/mol. The number of rotatable bonds is 4. The van der Waals surface area contributed by atoms with E-state index in [-0.39, 0.29) is 0 Å². The molecule has 0 heterocycles. The number of anilines is 1. The van der Waals surface area contributed by atoms with Gasteiger partial charge in [-0.25, -0.2) is 0 Å². The lowest BCUT2D eigenvalue weighted by Crippen LogP contribution is -2.34. The van der Waals surface area contributed by atoms with Crippen LogP contribution in [0.4, 0.5) is 5.69 Å². The van der Waals surface area contributed by atoms with Crippen molar-refractivity contribution in [3.05, 3.63) is 97.1 Å². The van der Waals surface area contributed by atoms with E-state index in [9.17, 15) is 10.0 Å². The summed E-state index contributed by atoms with van der Waals surface area (Å²) < 4.78 is 0. The fourth-order valence-electron chi connectivity index (χ4n) is 3.61. The molecular formula is C24H20BNO2. The van der Waals surface area contributed by atoms with Crippen molar-refractivity contribution in [2.45, 2.75) is 0 Å². The van der Waals surface area contributed by atoms with Crippen LogP contribution in [0.1, 0.15) is 0 Å². The largest absolute Gasteiger partial charge is 0.489 e. The minimum absolute atomic E-state index is 0.412. The van der Waals surface area contributed by atoms with E-state index in [4.69, 9.17) is 5.73 Å². The monoisotopic (exact) mass is 365 g/mol. The van der Waals surface area contributed by atoms with E-state index in [1.807, 2.05) is 97.1 Å². The van der Waals surface area contributed by atoms with Crippen molar-refractivity contribution in [2.24, 2.45) is 0 Å². The number of hydrogen-bond donors (Lipinski definition) is 3. The van der Waals surface area contributed by atoms with Gasteiger partial charge in [0.05, 0.1) is 0 Å². The quantitative estimate of drug-likeness (QED) is 0.379. The third-order valence-corrected chi connectivity index (χ3v) is 4.90. The molecule has 3 nitrogen and oxygen atoms in total. The van der Waals surface area contributed by atoms with Crippen LogP contribution in [0.5, 0.6) is 0 Å². The highest BCUT2D eigenvalue weighted by Crippen LogP contribution is 2.37. The Kier molecular flexibility index (Phi) is 4.98. The Balaban J connectivity index is 2.11. The molecule has 0 aliphatic heterocycles. The maximum atomic E-state index is 10.3. The van der Waals surface area contributed by atoms with Gasteiger partial charge in [0.1, 0.15) is 0 Å². The van der Waals surface area contributed by atoms with Crippen LogP contribution in [-0.4, -0.2) is 17.2 Å². The first-order chi connectivity index (χ1) is 13.7. The van der Waals surface area contributed by atoms with Crippen molar-refractivity contribution in [3.63, 3.8) is 0 Å². The average molecular weight is 365 g/mol. The van der Waals surface area contributed by atoms with Gasteiger partial charge in [0.2, 0.25) is 0 Å². The van der Waals surface area contributed by atoms with Crippen LogP contribution < -0.4 is 11.2 Å². The summed E-state index contributed by atoms with van der Waals surface area (Å²) in [6.45, 7) is 0. The van der Waals surface area contributed by atoms with Crippen LogP contribution in [0.25, 0.3) is 33.4 Å². The Hall–Kier alpha value is -3.34. The first-order valence-corrected chi connectivity index (χ1v) is 9.15. The molecule has 4 aromatic carbocycles. The Morgan fingerprint density at radius 2 is 1.00 bits per heavy atom. The van der Waals surface area contributed by atoms with Gasteiger partial charge in [0.25, 0.3) is 0 Å². The predicted octanol–water partition coefficient (Wildman–Crippen LogP) is 3.95. The topological polar surface area (TPSA) is 66.5 Å². The average Bonchev–Trinajstić information content (AvgIpc) is 2.75. The highest BCUT2D eigenvalue weighted by molar-refractivity contribution is 6.63. The molecule has 0 aromatic heterocycles. The summed E-state index contributed by atoms with van der Waals surface area (Å²) in [7, 11) is -1.66. The van der Waals surface area contributed by atoms with Gasteiger partial charge in [-0.3, -0.25) is 0 Å². The second kappa shape index (κ2) is 7.73. The second-order valence-electron chi connectivity index (χ2n) is 6.65. The maximum Gasteiger partial charge on any atom is 0.489 e. The lowest BCUT2D eigenvalue weighted by molar-refractivity contribution is 0.426. The van der Waals surface area contributed by atoms with E-state index in [1.54, 1.807) is 0 Å². The second-order valence-corrected chi connectivity index (χ2v) is 6.65. The fraction of sp³-hybridized carbons (Fsp3) is 0. The van der Waals surface area contributed by atoms with Crippen LogP contribution >= 0.6 is 0 Å². The number of nitrogen functional groups attached to an aromatic ring is 1. The number of hydrogen-bond acceptors (Lipinski definition) is 3. The van der Waals surface area contributed by atoms with Gasteiger partial charge in [-0.1, -0.05) is 91.0 Å². The van der Waals surface area contributed by atoms with E-state index in [0.717, 1.165) is 27.8 Å². The first-order valence-electron chi connectivity index (χ1n) is 9.15. The van der Waals surface area contributed by atoms with Gasteiger partial charge in [0.15, 0.2) is 0 Å². The molecule has 0 spiro atoms. The minimum atomic E-state index is -1.66. The molecule has 4 heteroatoms. The van der Waals surface area contributed by atoms with E-state index in [0.29, 0.717) is 16.7 Å². The summed E-state index contributed by atoms with van der Waals surface area (Å²) in [6, 6.07) is 31.2. The molecule has 0 aliphatic rings. The standard InChI is InChI=1S/C24H20BNO2/c26-24-21(18-12-6-2-7-13-18)16-20(17-10-4-1-5-11-17)23(25(27)28)22(24)19-14-8-3-9-15-19/h1-16,27-28H,26H2. The van der Waals surface area contributed by atoms with Crippen LogP contribution in [0, 0.1) is 0 Å². The van der Waals surface area contributed by atoms with Crippen LogP contribution in [-0.2, 0) is 0 Å². The molecule has 0 unspecified atom stereocenters. The Morgan fingerprint density at radius 3 is 1.46 bits per heavy atom. The summed E-state index contributed by atoms with van der Waals surface area (Å²) in [4.78, 5) is 0. The summed E-state index contributed by atoms with van der Waals surface area (Å²) in [5.74, 6) is 0. The Labute approximate surface area is 164 Å². The summed E-state index contributed by atoms with van der Waals surface area (Å²) >= 11 is 0. The molecule has 0 radical (unpaired) electrons. The van der Waals surface area contributed by atoms with Gasteiger partial charge < -0.3 is 15.8 Å². The predicted molar refractivity (Wildman–Crippen MR) is 117 cm³/mol. The van der Waals surface area contributed by atoms with Crippen LogP contribution in [0.3, 0.4) is 0 Å². The summed E-state index contributed by atoms with van der Waals surface area (Å²) in [6.07, 6.45) is 0. The van der Waals surface area contributed by atoms with Crippen LogP contribution in [0.15, 0.2) is 97.1 Å². The molecule has 0 atom stereocenters. The summed E-state index contributed by atoms with van der Waals surface area (Å²) in [5.41, 5.74) is 12.5.